The maximum absolute atomic E-state index is 13.1. The van der Waals surface area contributed by atoms with Gasteiger partial charge < -0.3 is 5.73 Å². The molecule has 0 atom stereocenters. The van der Waals surface area contributed by atoms with Gasteiger partial charge in [0.05, 0.1) is 17.7 Å². The Kier molecular flexibility index (Phi) is 4.51. The highest BCUT2D eigenvalue weighted by Crippen LogP contribution is 2.27. The van der Waals surface area contributed by atoms with Gasteiger partial charge in [-0.2, -0.15) is 0 Å². The van der Waals surface area contributed by atoms with Crippen LogP contribution in [-0.4, -0.2) is 19.7 Å². The lowest BCUT2D eigenvalue weighted by atomic mass is 10.3. The molecule has 0 aliphatic carbocycles. The van der Waals surface area contributed by atoms with Gasteiger partial charge in [-0.15, -0.1) is 21.5 Å². The molecule has 114 valence electrons. The standard InChI is InChI=1S/C14H14FN5S2/c1-9-12(22-8-17-9)7-21-14-19-18-13(6-16)20(14)11-4-2-10(15)3-5-11/h2-5,8H,6-7,16H2,1H3. The molecule has 0 unspecified atom stereocenters. The fourth-order valence-corrected chi connectivity index (χ4v) is 3.89. The highest BCUT2D eigenvalue weighted by atomic mass is 32.2. The third-order valence-corrected chi connectivity index (χ3v) is 5.22. The van der Waals surface area contributed by atoms with E-state index < -0.39 is 0 Å². The van der Waals surface area contributed by atoms with E-state index in [-0.39, 0.29) is 12.4 Å². The van der Waals surface area contributed by atoms with Crippen molar-refractivity contribution in [1.29, 1.82) is 0 Å². The first-order chi connectivity index (χ1) is 10.7. The monoisotopic (exact) mass is 335 g/mol. The summed E-state index contributed by atoms with van der Waals surface area (Å²) in [6.45, 7) is 2.26. The molecule has 3 aromatic rings. The van der Waals surface area contributed by atoms with Crippen molar-refractivity contribution in [2.75, 3.05) is 0 Å². The zero-order valence-corrected chi connectivity index (χ0v) is 13.5. The van der Waals surface area contributed by atoms with Crippen LogP contribution in [0.3, 0.4) is 0 Å². The lowest BCUT2D eigenvalue weighted by Crippen LogP contribution is -2.07. The second-order valence-electron chi connectivity index (χ2n) is 4.56. The number of benzene rings is 1. The fourth-order valence-electron chi connectivity index (χ4n) is 1.97. The summed E-state index contributed by atoms with van der Waals surface area (Å²) in [5.41, 5.74) is 9.40. The Morgan fingerprint density at radius 3 is 2.68 bits per heavy atom. The van der Waals surface area contributed by atoms with Crippen LogP contribution in [0.5, 0.6) is 0 Å². The number of aryl methyl sites for hydroxylation is 1. The van der Waals surface area contributed by atoms with E-state index in [4.69, 9.17) is 5.73 Å². The second-order valence-corrected chi connectivity index (χ2v) is 6.45. The summed E-state index contributed by atoms with van der Waals surface area (Å²) in [7, 11) is 0. The number of nitrogens with zero attached hydrogens (tertiary/aromatic N) is 4. The molecule has 5 nitrogen and oxygen atoms in total. The van der Waals surface area contributed by atoms with Crippen molar-refractivity contribution in [3.05, 3.63) is 52.0 Å². The van der Waals surface area contributed by atoms with Crippen LogP contribution in [0, 0.1) is 12.7 Å². The first-order valence-corrected chi connectivity index (χ1v) is 8.47. The average Bonchev–Trinajstić information content (AvgIpc) is 3.12. The number of halogens is 1. The fraction of sp³-hybridized carbons (Fsp3) is 0.214. The molecule has 0 saturated heterocycles. The molecule has 22 heavy (non-hydrogen) atoms. The molecule has 0 amide bonds. The molecule has 3 rings (SSSR count). The van der Waals surface area contributed by atoms with E-state index in [2.05, 4.69) is 15.2 Å². The third kappa shape index (κ3) is 3.03. The molecule has 0 saturated carbocycles. The zero-order chi connectivity index (χ0) is 15.5. The number of nitrogens with two attached hydrogens (primary N) is 1. The normalized spacial score (nSPS) is 11.0. The number of rotatable bonds is 5. The van der Waals surface area contributed by atoms with Crippen molar-refractivity contribution in [1.82, 2.24) is 19.7 Å². The Morgan fingerprint density at radius 1 is 1.27 bits per heavy atom. The predicted octanol–water partition coefficient (Wildman–Crippen LogP) is 2.92. The minimum atomic E-state index is -0.277. The van der Waals surface area contributed by atoms with Gasteiger partial charge in [0.1, 0.15) is 5.82 Å². The van der Waals surface area contributed by atoms with E-state index in [1.807, 2.05) is 17.0 Å². The maximum Gasteiger partial charge on any atom is 0.196 e. The Balaban J connectivity index is 1.90. The molecular weight excluding hydrogens is 321 g/mol. The van der Waals surface area contributed by atoms with E-state index in [0.29, 0.717) is 5.82 Å². The Labute approximate surface area is 135 Å². The summed E-state index contributed by atoms with van der Waals surface area (Å²) < 4.78 is 15.0. The van der Waals surface area contributed by atoms with Crippen LogP contribution in [0.4, 0.5) is 4.39 Å². The largest absolute Gasteiger partial charge is 0.324 e. The molecule has 0 spiro atoms. The average molecular weight is 335 g/mol. The quantitative estimate of drug-likeness (QED) is 0.726. The lowest BCUT2D eigenvalue weighted by Gasteiger charge is -2.09. The van der Waals surface area contributed by atoms with Gasteiger partial charge in [0.2, 0.25) is 0 Å². The van der Waals surface area contributed by atoms with Crippen molar-refractivity contribution in [3.8, 4) is 5.69 Å². The summed E-state index contributed by atoms with van der Waals surface area (Å²) in [5.74, 6) is 1.14. The van der Waals surface area contributed by atoms with Gasteiger partial charge in [-0.3, -0.25) is 4.57 Å². The van der Waals surface area contributed by atoms with Crippen molar-refractivity contribution < 1.29 is 4.39 Å². The minimum absolute atomic E-state index is 0.268. The number of aromatic nitrogens is 4. The number of thioether (sulfide) groups is 1. The predicted molar refractivity (Wildman–Crippen MR) is 85.6 cm³/mol. The Bertz CT molecular complexity index is 766. The summed E-state index contributed by atoms with van der Waals surface area (Å²) in [6, 6.07) is 6.22. The zero-order valence-electron chi connectivity index (χ0n) is 11.9. The van der Waals surface area contributed by atoms with Crippen molar-refractivity contribution in [3.63, 3.8) is 0 Å². The van der Waals surface area contributed by atoms with Crippen molar-refractivity contribution in [2.45, 2.75) is 24.4 Å². The first kappa shape index (κ1) is 15.1. The smallest absolute Gasteiger partial charge is 0.196 e. The molecule has 0 bridgehead atoms. The van der Waals surface area contributed by atoms with Gasteiger partial charge >= 0.3 is 0 Å². The van der Waals surface area contributed by atoms with Gasteiger partial charge in [0.25, 0.3) is 0 Å². The van der Waals surface area contributed by atoms with Gasteiger partial charge in [-0.05, 0) is 31.2 Å². The number of hydrogen-bond acceptors (Lipinski definition) is 6. The number of thiazole rings is 1. The van der Waals surface area contributed by atoms with Gasteiger partial charge in [0.15, 0.2) is 11.0 Å². The SMILES string of the molecule is Cc1ncsc1CSc1nnc(CN)n1-c1ccc(F)cc1. The van der Waals surface area contributed by atoms with Gasteiger partial charge in [-0.25, -0.2) is 9.37 Å². The summed E-state index contributed by atoms with van der Waals surface area (Å²) >= 11 is 3.19. The molecule has 0 radical (unpaired) electrons. The van der Waals surface area contributed by atoms with Crippen LogP contribution in [0.25, 0.3) is 5.69 Å². The van der Waals surface area contributed by atoms with Gasteiger partial charge in [0, 0.05) is 16.3 Å². The highest BCUT2D eigenvalue weighted by molar-refractivity contribution is 7.98. The van der Waals surface area contributed by atoms with Gasteiger partial charge in [-0.1, -0.05) is 11.8 Å². The molecule has 8 heteroatoms. The lowest BCUT2D eigenvalue weighted by molar-refractivity contribution is 0.627. The second kappa shape index (κ2) is 6.55. The highest BCUT2D eigenvalue weighted by Gasteiger charge is 2.14. The topological polar surface area (TPSA) is 69.6 Å². The van der Waals surface area contributed by atoms with E-state index >= 15 is 0 Å². The molecular formula is C14H14FN5S2. The van der Waals surface area contributed by atoms with Crippen molar-refractivity contribution >= 4 is 23.1 Å². The van der Waals surface area contributed by atoms with E-state index in [0.717, 1.165) is 22.3 Å². The van der Waals surface area contributed by atoms with Crippen LogP contribution >= 0.6 is 23.1 Å². The summed E-state index contributed by atoms with van der Waals surface area (Å²) in [4.78, 5) is 5.44. The number of hydrogen-bond donors (Lipinski definition) is 1. The van der Waals surface area contributed by atoms with E-state index in [1.54, 1.807) is 35.2 Å². The molecule has 2 N–H and O–H groups in total. The molecule has 0 aliphatic heterocycles. The Morgan fingerprint density at radius 2 is 2.05 bits per heavy atom. The van der Waals surface area contributed by atoms with Crippen LogP contribution in [0.1, 0.15) is 16.4 Å². The maximum atomic E-state index is 13.1. The Hall–Kier alpha value is -1.77. The summed E-state index contributed by atoms with van der Waals surface area (Å²) in [6.07, 6.45) is 0. The molecule has 2 aromatic heterocycles. The van der Waals surface area contributed by atoms with Crippen molar-refractivity contribution in [2.24, 2.45) is 5.73 Å². The van der Waals surface area contributed by atoms with Crippen LogP contribution in [0.15, 0.2) is 34.9 Å². The summed E-state index contributed by atoms with van der Waals surface area (Å²) in [5, 5.41) is 9.05. The minimum Gasteiger partial charge on any atom is -0.324 e. The molecule has 0 aliphatic rings. The molecule has 1 aromatic carbocycles. The van der Waals surface area contributed by atoms with Crippen LogP contribution < -0.4 is 5.73 Å². The molecule has 0 fully saturated rings. The van der Waals surface area contributed by atoms with Crippen LogP contribution in [-0.2, 0) is 12.3 Å². The van der Waals surface area contributed by atoms with Crippen LogP contribution in [0.2, 0.25) is 0 Å². The third-order valence-electron chi connectivity index (χ3n) is 3.14. The molecule has 2 heterocycles. The van der Waals surface area contributed by atoms with E-state index in [1.165, 1.54) is 17.0 Å². The van der Waals surface area contributed by atoms with E-state index in [9.17, 15) is 4.39 Å². The first-order valence-electron chi connectivity index (χ1n) is 6.61.